The summed E-state index contributed by atoms with van der Waals surface area (Å²) in [6, 6.07) is 0. The molecule has 108 valence electrons. The van der Waals surface area contributed by atoms with Crippen LogP contribution in [0, 0.1) is 0 Å². The van der Waals surface area contributed by atoms with Gasteiger partial charge in [-0.25, -0.2) is 4.98 Å². The number of rotatable bonds is 4. The fourth-order valence-electron chi connectivity index (χ4n) is 2.53. The van der Waals surface area contributed by atoms with E-state index in [4.69, 9.17) is 8.94 Å². The lowest BCUT2D eigenvalue weighted by Crippen LogP contribution is -2.32. The van der Waals surface area contributed by atoms with Crippen molar-refractivity contribution in [3.05, 3.63) is 30.1 Å². The Morgan fingerprint density at radius 3 is 2.75 bits per heavy atom. The number of oxazole rings is 1. The topological polar surface area (TPSA) is 68.2 Å². The molecule has 2 aromatic heterocycles. The molecule has 1 saturated heterocycles. The summed E-state index contributed by atoms with van der Waals surface area (Å²) in [6.45, 7) is 6.88. The average Bonchev–Trinajstić information content (AvgIpc) is 3.10. The smallest absolute Gasteiger partial charge is 0.240 e. The van der Waals surface area contributed by atoms with E-state index in [-0.39, 0.29) is 0 Å². The standard InChI is InChI=1S/C14H20N4O2/c1-10(2)13-16-12(20-17-13)9-18-6-3-11(4-7-18)14-15-5-8-19-14/h5,8,10-11H,3-4,6-7,9H2,1-2H3. The van der Waals surface area contributed by atoms with Crippen molar-refractivity contribution in [1.82, 2.24) is 20.0 Å². The maximum Gasteiger partial charge on any atom is 0.240 e. The molecule has 0 saturated carbocycles. The Bertz CT molecular complexity index is 527. The number of piperidine rings is 1. The molecule has 1 aliphatic rings. The van der Waals surface area contributed by atoms with Crippen LogP contribution >= 0.6 is 0 Å². The van der Waals surface area contributed by atoms with Gasteiger partial charge < -0.3 is 8.94 Å². The Balaban J connectivity index is 1.53. The summed E-state index contributed by atoms with van der Waals surface area (Å²) >= 11 is 0. The first-order valence-electron chi connectivity index (χ1n) is 7.16. The third-order valence-electron chi connectivity index (χ3n) is 3.75. The molecule has 2 aromatic rings. The lowest BCUT2D eigenvalue weighted by Gasteiger charge is -2.29. The Kier molecular flexibility index (Phi) is 3.82. The second-order valence-corrected chi connectivity index (χ2v) is 5.62. The molecule has 0 N–H and O–H groups in total. The minimum absolute atomic E-state index is 0.309. The number of nitrogens with zero attached hydrogens (tertiary/aromatic N) is 4. The minimum Gasteiger partial charge on any atom is -0.449 e. The maximum atomic E-state index is 5.39. The zero-order valence-electron chi connectivity index (χ0n) is 12.0. The lowest BCUT2D eigenvalue weighted by atomic mass is 9.97. The van der Waals surface area contributed by atoms with Crippen LogP contribution in [0.3, 0.4) is 0 Å². The van der Waals surface area contributed by atoms with Crippen LogP contribution in [-0.2, 0) is 6.54 Å². The van der Waals surface area contributed by atoms with Crippen molar-refractivity contribution in [2.24, 2.45) is 0 Å². The molecule has 1 aliphatic heterocycles. The van der Waals surface area contributed by atoms with Crippen LogP contribution in [0.15, 0.2) is 21.4 Å². The highest BCUT2D eigenvalue weighted by Gasteiger charge is 2.24. The van der Waals surface area contributed by atoms with E-state index in [1.165, 1.54) is 0 Å². The van der Waals surface area contributed by atoms with E-state index in [0.717, 1.165) is 44.2 Å². The summed E-state index contributed by atoms with van der Waals surface area (Å²) in [5.41, 5.74) is 0. The van der Waals surface area contributed by atoms with Gasteiger partial charge in [0.25, 0.3) is 0 Å². The Morgan fingerprint density at radius 1 is 1.35 bits per heavy atom. The second kappa shape index (κ2) is 5.75. The molecule has 0 atom stereocenters. The van der Waals surface area contributed by atoms with Crippen molar-refractivity contribution in [2.75, 3.05) is 13.1 Å². The third-order valence-corrected chi connectivity index (χ3v) is 3.75. The van der Waals surface area contributed by atoms with Gasteiger partial charge in [0.2, 0.25) is 5.89 Å². The Hall–Kier alpha value is -1.69. The van der Waals surface area contributed by atoms with Crippen molar-refractivity contribution in [2.45, 2.75) is 45.1 Å². The molecule has 3 rings (SSSR count). The van der Waals surface area contributed by atoms with Gasteiger partial charge in [-0.2, -0.15) is 4.98 Å². The van der Waals surface area contributed by atoms with E-state index in [2.05, 4.69) is 33.9 Å². The maximum absolute atomic E-state index is 5.39. The number of likely N-dealkylation sites (tertiary alicyclic amines) is 1. The fraction of sp³-hybridized carbons (Fsp3) is 0.643. The molecular weight excluding hydrogens is 256 g/mol. The molecule has 6 nitrogen and oxygen atoms in total. The van der Waals surface area contributed by atoms with Gasteiger partial charge in [-0.15, -0.1) is 0 Å². The highest BCUT2D eigenvalue weighted by atomic mass is 16.5. The van der Waals surface area contributed by atoms with E-state index in [1.54, 1.807) is 12.5 Å². The number of aromatic nitrogens is 3. The quantitative estimate of drug-likeness (QED) is 0.855. The summed E-state index contributed by atoms with van der Waals surface area (Å²) < 4.78 is 10.7. The van der Waals surface area contributed by atoms with E-state index in [9.17, 15) is 0 Å². The van der Waals surface area contributed by atoms with Crippen LogP contribution in [0.4, 0.5) is 0 Å². The summed E-state index contributed by atoms with van der Waals surface area (Å²) in [5, 5.41) is 4.00. The van der Waals surface area contributed by atoms with Crippen molar-refractivity contribution in [3.63, 3.8) is 0 Å². The zero-order chi connectivity index (χ0) is 13.9. The highest BCUT2D eigenvalue weighted by molar-refractivity contribution is 4.96. The summed E-state index contributed by atoms with van der Waals surface area (Å²) in [6.07, 6.45) is 5.48. The first-order chi connectivity index (χ1) is 9.72. The lowest BCUT2D eigenvalue weighted by molar-refractivity contribution is 0.172. The van der Waals surface area contributed by atoms with Crippen molar-refractivity contribution in [3.8, 4) is 0 Å². The largest absolute Gasteiger partial charge is 0.449 e. The number of hydrogen-bond donors (Lipinski definition) is 0. The SMILES string of the molecule is CC(C)c1noc(CN2CCC(c3ncco3)CC2)n1. The van der Waals surface area contributed by atoms with E-state index >= 15 is 0 Å². The fourth-order valence-corrected chi connectivity index (χ4v) is 2.53. The normalized spacial score (nSPS) is 17.9. The van der Waals surface area contributed by atoms with Gasteiger partial charge in [-0.05, 0) is 25.9 Å². The van der Waals surface area contributed by atoms with Gasteiger partial charge in [-0.1, -0.05) is 19.0 Å². The Labute approximate surface area is 118 Å². The summed E-state index contributed by atoms with van der Waals surface area (Å²) in [7, 11) is 0. The summed E-state index contributed by atoms with van der Waals surface area (Å²) in [5.74, 6) is 3.11. The number of hydrogen-bond acceptors (Lipinski definition) is 6. The van der Waals surface area contributed by atoms with Gasteiger partial charge >= 0.3 is 0 Å². The minimum atomic E-state index is 0.309. The van der Waals surface area contributed by atoms with Crippen LogP contribution in [0.25, 0.3) is 0 Å². The van der Waals surface area contributed by atoms with Gasteiger partial charge in [0.15, 0.2) is 11.7 Å². The molecule has 0 aliphatic carbocycles. The predicted molar refractivity (Wildman–Crippen MR) is 72.1 cm³/mol. The predicted octanol–water partition coefficient (Wildman–Crippen LogP) is 2.56. The third kappa shape index (κ3) is 2.90. The van der Waals surface area contributed by atoms with Crippen molar-refractivity contribution in [1.29, 1.82) is 0 Å². The molecule has 1 fully saturated rings. The summed E-state index contributed by atoms with van der Waals surface area (Å²) in [4.78, 5) is 11.0. The van der Waals surface area contributed by atoms with Crippen molar-refractivity contribution >= 4 is 0 Å². The van der Waals surface area contributed by atoms with Gasteiger partial charge in [0.05, 0.1) is 12.7 Å². The highest BCUT2D eigenvalue weighted by Crippen LogP contribution is 2.27. The van der Waals surface area contributed by atoms with Crippen LogP contribution in [-0.4, -0.2) is 33.1 Å². The van der Waals surface area contributed by atoms with Crippen LogP contribution in [0.1, 0.15) is 56.1 Å². The molecule has 0 unspecified atom stereocenters. The first-order valence-corrected chi connectivity index (χ1v) is 7.16. The molecule has 0 aromatic carbocycles. The van der Waals surface area contributed by atoms with E-state index in [1.807, 2.05) is 0 Å². The molecule has 0 bridgehead atoms. The van der Waals surface area contributed by atoms with Gasteiger partial charge in [0.1, 0.15) is 6.26 Å². The molecule has 20 heavy (non-hydrogen) atoms. The Morgan fingerprint density at radius 2 is 2.15 bits per heavy atom. The van der Waals surface area contributed by atoms with E-state index in [0.29, 0.717) is 17.7 Å². The molecule has 3 heterocycles. The molecule has 0 amide bonds. The van der Waals surface area contributed by atoms with Gasteiger partial charge in [0, 0.05) is 11.8 Å². The van der Waals surface area contributed by atoms with E-state index < -0.39 is 0 Å². The average molecular weight is 276 g/mol. The van der Waals surface area contributed by atoms with Crippen LogP contribution < -0.4 is 0 Å². The van der Waals surface area contributed by atoms with Gasteiger partial charge in [-0.3, -0.25) is 4.90 Å². The van der Waals surface area contributed by atoms with Crippen LogP contribution in [0.5, 0.6) is 0 Å². The monoisotopic (exact) mass is 276 g/mol. The molecule has 0 spiro atoms. The van der Waals surface area contributed by atoms with Crippen LogP contribution in [0.2, 0.25) is 0 Å². The molecule has 0 radical (unpaired) electrons. The zero-order valence-corrected chi connectivity index (χ0v) is 12.0. The van der Waals surface area contributed by atoms with Crippen molar-refractivity contribution < 1.29 is 8.94 Å². The second-order valence-electron chi connectivity index (χ2n) is 5.62. The first kappa shape index (κ1) is 13.3. The molecular formula is C14H20N4O2. The molecule has 6 heteroatoms.